The Morgan fingerprint density at radius 3 is 2.50 bits per heavy atom. The second-order valence-electron chi connectivity index (χ2n) is 4.19. The van der Waals surface area contributed by atoms with Crippen molar-refractivity contribution in [3.05, 3.63) is 35.7 Å². The number of rotatable bonds is 4. The Bertz CT molecular complexity index is 529. The molecule has 0 atom stereocenters. The number of nitrogens with zero attached hydrogens (tertiary/aromatic N) is 2. The van der Waals surface area contributed by atoms with Crippen molar-refractivity contribution in [2.24, 2.45) is 12.8 Å². The Kier molecular flexibility index (Phi) is 4.09. The van der Waals surface area contributed by atoms with Gasteiger partial charge in [0.2, 0.25) is 0 Å². The maximum Gasteiger partial charge on any atom is 0.0841 e. The van der Waals surface area contributed by atoms with E-state index >= 15 is 0 Å². The highest BCUT2D eigenvalue weighted by atomic mass is 32.2. The summed E-state index contributed by atoms with van der Waals surface area (Å²) < 4.78 is 1.90. The van der Waals surface area contributed by atoms with Gasteiger partial charge in [-0.2, -0.15) is 5.10 Å². The highest BCUT2D eigenvalue weighted by Gasteiger charge is 2.13. The van der Waals surface area contributed by atoms with Gasteiger partial charge in [-0.15, -0.1) is 11.8 Å². The number of hydrogen-bond donors (Lipinski definition) is 1. The first-order valence-electron chi connectivity index (χ1n) is 6.13. The summed E-state index contributed by atoms with van der Waals surface area (Å²) in [7, 11) is 1.96. The lowest BCUT2D eigenvalue weighted by Gasteiger charge is -2.05. The normalized spacial score (nSPS) is 10.9. The first kappa shape index (κ1) is 13.2. The minimum absolute atomic E-state index is 0.475. The molecule has 0 aliphatic heterocycles. The predicted molar refractivity (Wildman–Crippen MR) is 77.7 cm³/mol. The molecule has 0 bridgehead atoms. The summed E-state index contributed by atoms with van der Waals surface area (Å²) in [6.45, 7) is 4.72. The van der Waals surface area contributed by atoms with Crippen LogP contribution in [-0.4, -0.2) is 15.5 Å². The van der Waals surface area contributed by atoms with Crippen molar-refractivity contribution in [2.75, 3.05) is 5.75 Å². The Morgan fingerprint density at radius 1 is 1.28 bits per heavy atom. The second kappa shape index (κ2) is 5.59. The molecule has 2 aromatic rings. The fourth-order valence-corrected chi connectivity index (χ4v) is 2.74. The average Bonchev–Trinajstić information content (AvgIpc) is 2.67. The molecular weight excluding hydrogens is 242 g/mol. The Morgan fingerprint density at radius 2 is 1.94 bits per heavy atom. The van der Waals surface area contributed by atoms with Crippen molar-refractivity contribution in [1.82, 2.24) is 9.78 Å². The lowest BCUT2D eigenvalue weighted by molar-refractivity contribution is 0.721. The predicted octanol–water partition coefficient (Wildman–Crippen LogP) is 2.97. The van der Waals surface area contributed by atoms with E-state index in [1.807, 2.05) is 23.5 Å². The van der Waals surface area contributed by atoms with E-state index in [4.69, 9.17) is 5.73 Å². The molecule has 3 nitrogen and oxygen atoms in total. The van der Waals surface area contributed by atoms with E-state index < -0.39 is 0 Å². The summed E-state index contributed by atoms with van der Waals surface area (Å²) in [5.41, 5.74) is 10.3. The maximum absolute atomic E-state index is 5.77. The second-order valence-corrected chi connectivity index (χ2v) is 5.53. The van der Waals surface area contributed by atoms with Crippen LogP contribution in [0.1, 0.15) is 18.3 Å². The number of nitrogens with two attached hydrogens (primary N) is 1. The largest absolute Gasteiger partial charge is 0.325 e. The van der Waals surface area contributed by atoms with Crippen LogP contribution in [0.4, 0.5) is 0 Å². The van der Waals surface area contributed by atoms with E-state index in [2.05, 4.69) is 43.2 Å². The van der Waals surface area contributed by atoms with E-state index in [1.54, 1.807) is 0 Å². The zero-order valence-electron chi connectivity index (χ0n) is 11.1. The molecule has 0 spiro atoms. The van der Waals surface area contributed by atoms with Crippen LogP contribution in [0.15, 0.2) is 29.2 Å². The van der Waals surface area contributed by atoms with Crippen LogP contribution < -0.4 is 5.73 Å². The van der Waals surface area contributed by atoms with Gasteiger partial charge in [0, 0.05) is 29.7 Å². The topological polar surface area (TPSA) is 43.8 Å². The van der Waals surface area contributed by atoms with Crippen molar-refractivity contribution < 1.29 is 0 Å². The standard InChI is InChI=1S/C14H19N3S/c1-4-18-12-7-5-11(6-8-12)14-10(2)17(3)16-13(14)9-15/h5-8H,4,9,15H2,1-3H3. The average molecular weight is 261 g/mol. The molecule has 0 unspecified atom stereocenters. The molecule has 0 fully saturated rings. The smallest absolute Gasteiger partial charge is 0.0841 e. The van der Waals surface area contributed by atoms with Gasteiger partial charge in [0.25, 0.3) is 0 Å². The number of hydrogen-bond acceptors (Lipinski definition) is 3. The van der Waals surface area contributed by atoms with Gasteiger partial charge < -0.3 is 5.73 Å². The number of aryl methyl sites for hydroxylation is 1. The van der Waals surface area contributed by atoms with Gasteiger partial charge in [0.05, 0.1) is 5.69 Å². The number of thioether (sulfide) groups is 1. The van der Waals surface area contributed by atoms with Gasteiger partial charge in [0.15, 0.2) is 0 Å². The van der Waals surface area contributed by atoms with Gasteiger partial charge in [-0.25, -0.2) is 0 Å². The van der Waals surface area contributed by atoms with Crippen molar-refractivity contribution in [2.45, 2.75) is 25.3 Å². The van der Waals surface area contributed by atoms with Crippen LogP contribution in [-0.2, 0) is 13.6 Å². The zero-order valence-corrected chi connectivity index (χ0v) is 11.9. The lowest BCUT2D eigenvalue weighted by Crippen LogP contribution is -1.99. The molecule has 0 aliphatic carbocycles. The first-order valence-corrected chi connectivity index (χ1v) is 7.11. The van der Waals surface area contributed by atoms with Crippen LogP contribution >= 0.6 is 11.8 Å². The molecule has 4 heteroatoms. The molecule has 2 rings (SSSR count). The molecule has 2 N–H and O–H groups in total. The van der Waals surface area contributed by atoms with E-state index in [0.29, 0.717) is 6.54 Å². The molecule has 1 aromatic heterocycles. The monoisotopic (exact) mass is 261 g/mol. The molecule has 18 heavy (non-hydrogen) atoms. The van der Waals surface area contributed by atoms with Crippen LogP contribution in [0.2, 0.25) is 0 Å². The Balaban J connectivity index is 2.42. The molecule has 96 valence electrons. The molecule has 0 saturated carbocycles. The van der Waals surface area contributed by atoms with Gasteiger partial charge in [-0.3, -0.25) is 4.68 Å². The van der Waals surface area contributed by atoms with Gasteiger partial charge in [-0.05, 0) is 30.4 Å². The third-order valence-electron chi connectivity index (χ3n) is 3.05. The highest BCUT2D eigenvalue weighted by molar-refractivity contribution is 7.99. The first-order chi connectivity index (χ1) is 8.67. The summed E-state index contributed by atoms with van der Waals surface area (Å²) in [5.74, 6) is 1.10. The fraction of sp³-hybridized carbons (Fsp3) is 0.357. The number of aromatic nitrogens is 2. The third kappa shape index (κ3) is 2.44. The maximum atomic E-state index is 5.77. The minimum atomic E-state index is 0.475. The van der Waals surface area contributed by atoms with Crippen LogP contribution in [0, 0.1) is 6.92 Å². The van der Waals surface area contributed by atoms with E-state index in [-0.39, 0.29) is 0 Å². The SMILES string of the molecule is CCSc1ccc(-c2c(CN)nn(C)c2C)cc1. The highest BCUT2D eigenvalue weighted by Crippen LogP contribution is 2.28. The molecule has 0 radical (unpaired) electrons. The summed E-state index contributed by atoms with van der Waals surface area (Å²) >= 11 is 1.85. The van der Waals surface area contributed by atoms with Crippen molar-refractivity contribution in [3.63, 3.8) is 0 Å². The Labute approximate surface area is 112 Å². The minimum Gasteiger partial charge on any atom is -0.325 e. The van der Waals surface area contributed by atoms with Crippen LogP contribution in [0.25, 0.3) is 11.1 Å². The van der Waals surface area contributed by atoms with Crippen LogP contribution in [0.3, 0.4) is 0 Å². The third-order valence-corrected chi connectivity index (χ3v) is 3.95. The number of benzene rings is 1. The van der Waals surface area contributed by atoms with Gasteiger partial charge >= 0.3 is 0 Å². The Hall–Kier alpha value is -1.26. The van der Waals surface area contributed by atoms with Gasteiger partial charge in [0.1, 0.15) is 0 Å². The molecule has 0 amide bonds. The lowest BCUT2D eigenvalue weighted by atomic mass is 10.0. The van der Waals surface area contributed by atoms with E-state index in [1.165, 1.54) is 16.0 Å². The summed E-state index contributed by atoms with van der Waals surface area (Å²) in [4.78, 5) is 1.30. The fourth-order valence-electron chi connectivity index (χ4n) is 2.08. The van der Waals surface area contributed by atoms with Gasteiger partial charge in [-0.1, -0.05) is 19.1 Å². The van der Waals surface area contributed by atoms with Crippen LogP contribution in [0.5, 0.6) is 0 Å². The van der Waals surface area contributed by atoms with Crippen molar-refractivity contribution >= 4 is 11.8 Å². The summed E-state index contributed by atoms with van der Waals surface area (Å²) in [5, 5.41) is 4.45. The molecular formula is C14H19N3S. The molecule has 0 aliphatic rings. The van der Waals surface area contributed by atoms with E-state index in [9.17, 15) is 0 Å². The van der Waals surface area contributed by atoms with E-state index in [0.717, 1.165) is 17.1 Å². The zero-order chi connectivity index (χ0) is 13.1. The van der Waals surface area contributed by atoms with Crippen molar-refractivity contribution in [1.29, 1.82) is 0 Å². The molecule has 0 saturated heterocycles. The molecule has 1 aromatic carbocycles. The quantitative estimate of drug-likeness (QED) is 0.861. The van der Waals surface area contributed by atoms with Crippen molar-refractivity contribution in [3.8, 4) is 11.1 Å². The summed E-state index contributed by atoms with van der Waals surface area (Å²) in [6, 6.07) is 8.63. The summed E-state index contributed by atoms with van der Waals surface area (Å²) in [6.07, 6.45) is 0. The molecule has 1 heterocycles.